The van der Waals surface area contributed by atoms with Gasteiger partial charge in [-0.25, -0.2) is 0 Å². The maximum absolute atomic E-state index is 8.98. The third-order valence-corrected chi connectivity index (χ3v) is 8.63. The second-order valence-corrected chi connectivity index (χ2v) is 9.40. The Labute approximate surface area is 154 Å². The van der Waals surface area contributed by atoms with E-state index in [9.17, 15) is 0 Å². The van der Waals surface area contributed by atoms with Gasteiger partial charge in [0.15, 0.2) is 0 Å². The van der Waals surface area contributed by atoms with Gasteiger partial charge in [-0.15, -0.1) is 22.7 Å². The van der Waals surface area contributed by atoms with Crippen molar-refractivity contribution in [3.63, 3.8) is 0 Å². The van der Waals surface area contributed by atoms with Crippen molar-refractivity contribution in [1.82, 2.24) is 0 Å². The van der Waals surface area contributed by atoms with Crippen LogP contribution >= 0.6 is 46.2 Å². The SMILES string of the molecule is N#CC(C#N)=c1ccc(=c2ccc(=C3Sc4ccccc4S3)s2)s1. The fourth-order valence-corrected chi connectivity index (χ4v) is 6.96. The van der Waals surface area contributed by atoms with Gasteiger partial charge in [0.1, 0.15) is 17.7 Å². The lowest BCUT2D eigenvalue weighted by Gasteiger charge is -1.90. The van der Waals surface area contributed by atoms with E-state index < -0.39 is 0 Å². The topological polar surface area (TPSA) is 47.6 Å². The molecule has 1 aliphatic rings. The summed E-state index contributed by atoms with van der Waals surface area (Å²) in [5, 5.41) is 18.0. The van der Waals surface area contributed by atoms with Gasteiger partial charge < -0.3 is 0 Å². The highest BCUT2D eigenvalue weighted by atomic mass is 32.2. The largest absolute Gasteiger partial charge is 0.192 e. The molecule has 0 N–H and O–H groups in total. The van der Waals surface area contributed by atoms with E-state index in [0.717, 1.165) is 9.06 Å². The number of nitriles is 2. The zero-order valence-electron chi connectivity index (χ0n) is 12.1. The van der Waals surface area contributed by atoms with Gasteiger partial charge in [-0.2, -0.15) is 10.5 Å². The van der Waals surface area contributed by atoms with E-state index in [1.807, 2.05) is 47.8 Å². The molecule has 3 aromatic rings. The van der Waals surface area contributed by atoms with Crippen LogP contribution in [-0.2, 0) is 0 Å². The number of benzene rings is 1. The van der Waals surface area contributed by atoms with Gasteiger partial charge in [0.05, 0.1) is 8.77 Å². The van der Waals surface area contributed by atoms with Crippen LogP contribution in [0.3, 0.4) is 0 Å². The van der Waals surface area contributed by atoms with Crippen LogP contribution in [0.4, 0.5) is 0 Å². The molecule has 0 unspecified atom stereocenters. The molecule has 0 amide bonds. The molecule has 0 saturated heterocycles. The molecule has 24 heavy (non-hydrogen) atoms. The Morgan fingerprint density at radius 2 is 1.29 bits per heavy atom. The Balaban J connectivity index is 1.86. The predicted octanol–water partition coefficient (Wildman–Crippen LogP) is 4.26. The lowest BCUT2D eigenvalue weighted by molar-refractivity contribution is 1.27. The number of rotatable bonds is 0. The fourth-order valence-electron chi connectivity index (χ4n) is 2.26. The minimum atomic E-state index is 0.176. The minimum Gasteiger partial charge on any atom is -0.192 e. The Morgan fingerprint density at radius 1 is 0.708 bits per heavy atom. The quantitative estimate of drug-likeness (QED) is 0.585. The molecule has 6 heteroatoms. The van der Waals surface area contributed by atoms with Crippen LogP contribution in [0.1, 0.15) is 0 Å². The number of thiophene rings is 2. The normalized spacial score (nSPS) is 14.0. The Kier molecular flexibility index (Phi) is 4.22. The molecule has 0 spiro atoms. The molecule has 3 heterocycles. The number of nitrogens with zero attached hydrogens (tertiary/aromatic N) is 2. The average Bonchev–Trinajstić information content (AvgIpc) is 3.34. The molecule has 2 aromatic heterocycles. The molecule has 4 rings (SSSR count). The molecule has 0 atom stereocenters. The summed E-state index contributed by atoms with van der Waals surface area (Å²) < 4.78 is 5.56. The summed E-state index contributed by atoms with van der Waals surface area (Å²) in [6.45, 7) is 0. The molecule has 114 valence electrons. The van der Waals surface area contributed by atoms with E-state index in [-0.39, 0.29) is 5.57 Å². The van der Waals surface area contributed by atoms with Crippen LogP contribution in [0.15, 0.2) is 58.3 Å². The van der Waals surface area contributed by atoms with Crippen molar-refractivity contribution in [1.29, 1.82) is 10.5 Å². The highest BCUT2D eigenvalue weighted by molar-refractivity contribution is 8.32. The highest BCUT2D eigenvalue weighted by Crippen LogP contribution is 2.51. The van der Waals surface area contributed by atoms with Crippen LogP contribution in [0.25, 0.3) is 9.81 Å². The summed E-state index contributed by atoms with van der Waals surface area (Å²) in [4.78, 5) is 2.63. The molecule has 1 aromatic carbocycles. The summed E-state index contributed by atoms with van der Waals surface area (Å²) in [6.07, 6.45) is 0. The van der Waals surface area contributed by atoms with Crippen LogP contribution in [0.5, 0.6) is 0 Å². The van der Waals surface area contributed by atoms with Gasteiger partial charge in [0.25, 0.3) is 0 Å². The number of fused-ring (bicyclic) bond motifs is 1. The summed E-state index contributed by atoms with van der Waals surface area (Å²) in [5.41, 5.74) is 0.176. The highest BCUT2D eigenvalue weighted by Gasteiger charge is 2.17. The predicted molar refractivity (Wildman–Crippen MR) is 102 cm³/mol. The maximum atomic E-state index is 8.98. The van der Waals surface area contributed by atoms with Gasteiger partial charge in [0.2, 0.25) is 0 Å². The number of hydrogen-bond donors (Lipinski definition) is 0. The summed E-state index contributed by atoms with van der Waals surface area (Å²) >= 11 is 6.88. The van der Waals surface area contributed by atoms with Gasteiger partial charge >= 0.3 is 0 Å². The van der Waals surface area contributed by atoms with Crippen molar-refractivity contribution < 1.29 is 0 Å². The van der Waals surface area contributed by atoms with Gasteiger partial charge in [0, 0.05) is 23.4 Å². The van der Waals surface area contributed by atoms with Gasteiger partial charge in [-0.3, -0.25) is 0 Å². The van der Waals surface area contributed by atoms with E-state index in [4.69, 9.17) is 10.5 Å². The van der Waals surface area contributed by atoms with E-state index >= 15 is 0 Å². The van der Waals surface area contributed by atoms with Gasteiger partial charge in [-0.1, -0.05) is 35.7 Å². The van der Waals surface area contributed by atoms with Crippen LogP contribution in [0, 0.1) is 31.7 Å². The first-order chi connectivity index (χ1) is 11.8. The van der Waals surface area contributed by atoms with Crippen molar-refractivity contribution in [3.8, 4) is 12.1 Å². The number of hydrogen-bond acceptors (Lipinski definition) is 6. The summed E-state index contributed by atoms with van der Waals surface area (Å²) in [7, 11) is 0. The smallest absolute Gasteiger partial charge is 0.146 e. The van der Waals surface area contributed by atoms with Crippen molar-refractivity contribution in [2.45, 2.75) is 9.79 Å². The van der Waals surface area contributed by atoms with Gasteiger partial charge in [-0.05, 0) is 36.4 Å². The fraction of sp³-hybridized carbons (Fsp3) is 0. The summed E-state index contributed by atoms with van der Waals surface area (Å²) in [5.74, 6) is 0. The van der Waals surface area contributed by atoms with E-state index in [1.54, 1.807) is 11.3 Å². The first kappa shape index (κ1) is 15.6. The molecular formula is C18H8N2S4. The number of thioether (sulfide) groups is 2. The lowest BCUT2D eigenvalue weighted by Crippen LogP contribution is -1.93. The van der Waals surface area contributed by atoms with Crippen molar-refractivity contribution in [3.05, 3.63) is 66.7 Å². The van der Waals surface area contributed by atoms with Crippen molar-refractivity contribution >= 4 is 56.0 Å². The summed E-state index contributed by atoms with van der Waals surface area (Å²) in [6, 6.07) is 20.5. The molecule has 0 fully saturated rings. The molecule has 0 radical (unpaired) electrons. The van der Waals surface area contributed by atoms with Crippen LogP contribution in [0.2, 0.25) is 0 Å². The van der Waals surface area contributed by atoms with Crippen molar-refractivity contribution in [2.24, 2.45) is 0 Å². The first-order valence-electron chi connectivity index (χ1n) is 6.98. The van der Waals surface area contributed by atoms with Crippen LogP contribution in [-0.4, -0.2) is 0 Å². The Hall–Kier alpha value is -1.96. The Morgan fingerprint density at radius 3 is 1.96 bits per heavy atom. The molecule has 0 bridgehead atoms. The second kappa shape index (κ2) is 6.51. The monoisotopic (exact) mass is 380 g/mol. The molecular weight excluding hydrogens is 372 g/mol. The lowest BCUT2D eigenvalue weighted by atomic mass is 10.3. The molecule has 0 aliphatic carbocycles. The standard InChI is InChI=1S/C18H8N2S4/c19-9-11(10-20)12-5-6-15(21-12)16-7-8-17(22-16)18-23-13-3-1-2-4-14(13)24-18/h1-8H. The minimum absolute atomic E-state index is 0.176. The maximum Gasteiger partial charge on any atom is 0.146 e. The molecule has 1 aliphatic heterocycles. The van der Waals surface area contributed by atoms with Crippen molar-refractivity contribution in [2.75, 3.05) is 0 Å². The molecule has 2 nitrogen and oxygen atoms in total. The third-order valence-electron chi connectivity index (χ3n) is 3.38. The first-order valence-corrected chi connectivity index (χ1v) is 10.2. The Bertz CT molecular complexity index is 1190. The van der Waals surface area contributed by atoms with E-state index in [1.165, 1.54) is 34.4 Å². The zero-order valence-corrected chi connectivity index (χ0v) is 15.4. The average molecular weight is 381 g/mol. The second-order valence-electron chi connectivity index (χ2n) is 4.86. The van der Waals surface area contributed by atoms with Crippen LogP contribution < -0.4 is 9.06 Å². The zero-order chi connectivity index (χ0) is 16.5. The van der Waals surface area contributed by atoms with E-state index in [0.29, 0.717) is 0 Å². The molecule has 0 saturated carbocycles. The van der Waals surface area contributed by atoms with E-state index in [2.05, 4.69) is 36.4 Å². The third kappa shape index (κ3) is 2.79.